The predicted molar refractivity (Wildman–Crippen MR) is 66.7 cm³/mol. The van der Waals surface area contributed by atoms with Crippen LogP contribution in [0, 0.1) is 0 Å². The molecule has 15 heavy (non-hydrogen) atoms. The van der Waals surface area contributed by atoms with Gasteiger partial charge in [-0.15, -0.1) is 11.3 Å². The van der Waals surface area contributed by atoms with E-state index in [1.807, 2.05) is 12.1 Å². The number of hydrogen-bond donors (Lipinski definition) is 1. The molecule has 1 N–H and O–H groups in total. The molecule has 1 aliphatic carbocycles. The van der Waals surface area contributed by atoms with Crippen molar-refractivity contribution >= 4 is 45.0 Å². The molecule has 1 saturated carbocycles. The first-order valence-corrected chi connectivity index (χ1v) is 7.23. The highest BCUT2D eigenvalue weighted by Crippen LogP contribution is 2.47. The van der Waals surface area contributed by atoms with E-state index in [0.717, 1.165) is 33.7 Å². The molecule has 1 heterocycles. The number of halogens is 1. The lowest BCUT2D eigenvalue weighted by Gasteiger charge is -2.21. The lowest BCUT2D eigenvalue weighted by Crippen LogP contribution is -2.31. The van der Waals surface area contributed by atoms with Gasteiger partial charge in [-0.1, -0.05) is 24.6 Å². The molecule has 0 aromatic carbocycles. The van der Waals surface area contributed by atoms with Crippen molar-refractivity contribution in [2.75, 3.05) is 0 Å². The molecule has 0 unspecified atom stereocenters. The first kappa shape index (κ1) is 11.5. The number of carbonyl (C=O) groups is 1. The van der Waals surface area contributed by atoms with Gasteiger partial charge in [-0.25, -0.2) is 0 Å². The van der Waals surface area contributed by atoms with Crippen molar-refractivity contribution in [1.82, 2.24) is 0 Å². The van der Waals surface area contributed by atoms with Crippen molar-refractivity contribution in [1.29, 1.82) is 0 Å². The third-order valence-electron chi connectivity index (χ3n) is 2.65. The van der Waals surface area contributed by atoms with Crippen molar-refractivity contribution < 1.29 is 9.90 Å². The Morgan fingerprint density at radius 3 is 2.60 bits per heavy atom. The van der Waals surface area contributed by atoms with E-state index >= 15 is 0 Å². The topological polar surface area (TPSA) is 37.3 Å². The van der Waals surface area contributed by atoms with Crippen LogP contribution in [0.15, 0.2) is 20.1 Å². The predicted octanol–water partition coefficient (Wildman–Crippen LogP) is 4.00. The average Bonchev–Trinajstić information content (AvgIpc) is 2.77. The molecule has 0 bridgehead atoms. The van der Waals surface area contributed by atoms with Crippen molar-refractivity contribution in [2.24, 2.45) is 0 Å². The molecule has 0 amide bonds. The third-order valence-corrected chi connectivity index (χ3v) is 5.87. The van der Waals surface area contributed by atoms with Gasteiger partial charge in [-0.2, -0.15) is 0 Å². The Balaban J connectivity index is 2.17. The number of thiophene rings is 1. The van der Waals surface area contributed by atoms with Crippen LogP contribution < -0.4 is 0 Å². The Bertz CT molecular complexity index is 369. The minimum Gasteiger partial charge on any atom is -0.480 e. The van der Waals surface area contributed by atoms with Gasteiger partial charge in [-0.3, -0.25) is 4.79 Å². The van der Waals surface area contributed by atoms with Gasteiger partial charge in [-0.05, 0) is 40.9 Å². The van der Waals surface area contributed by atoms with Crippen molar-refractivity contribution in [2.45, 2.75) is 34.6 Å². The fraction of sp³-hybridized carbons (Fsp3) is 0.500. The molecule has 0 spiro atoms. The summed E-state index contributed by atoms with van der Waals surface area (Å²) in [5.41, 5.74) is 0. The van der Waals surface area contributed by atoms with Gasteiger partial charge in [0, 0.05) is 0 Å². The maximum atomic E-state index is 11.3. The highest BCUT2D eigenvalue weighted by Gasteiger charge is 2.42. The van der Waals surface area contributed by atoms with E-state index in [2.05, 4.69) is 15.9 Å². The molecule has 2 nitrogen and oxygen atoms in total. The average molecular weight is 307 g/mol. The van der Waals surface area contributed by atoms with Crippen LogP contribution in [0.5, 0.6) is 0 Å². The molecule has 0 atom stereocenters. The van der Waals surface area contributed by atoms with Crippen molar-refractivity contribution in [3.05, 3.63) is 15.9 Å². The lowest BCUT2D eigenvalue weighted by atomic mass is 10.1. The van der Waals surface area contributed by atoms with Gasteiger partial charge in [0.25, 0.3) is 0 Å². The quantitative estimate of drug-likeness (QED) is 0.917. The first-order chi connectivity index (χ1) is 7.12. The van der Waals surface area contributed by atoms with Crippen LogP contribution in [-0.4, -0.2) is 15.8 Å². The van der Waals surface area contributed by atoms with Gasteiger partial charge in [0.1, 0.15) is 4.75 Å². The zero-order valence-electron chi connectivity index (χ0n) is 8.03. The summed E-state index contributed by atoms with van der Waals surface area (Å²) >= 11 is 6.52. The second-order valence-electron chi connectivity index (χ2n) is 3.67. The van der Waals surface area contributed by atoms with Crippen LogP contribution in [0.25, 0.3) is 0 Å². The van der Waals surface area contributed by atoms with Gasteiger partial charge < -0.3 is 5.11 Å². The lowest BCUT2D eigenvalue weighted by molar-refractivity contribution is -0.139. The highest BCUT2D eigenvalue weighted by atomic mass is 79.9. The Morgan fingerprint density at radius 1 is 1.47 bits per heavy atom. The van der Waals surface area contributed by atoms with Crippen LogP contribution >= 0.6 is 39.0 Å². The minimum atomic E-state index is -0.658. The van der Waals surface area contributed by atoms with E-state index in [4.69, 9.17) is 0 Å². The molecular weight excluding hydrogens is 296 g/mol. The standard InChI is InChI=1S/C10H11BrO2S2/c11-7-3-4-8(14-7)15-10(9(12)13)5-1-2-6-10/h3-4H,1-2,5-6H2,(H,12,13). The molecule has 0 saturated heterocycles. The summed E-state index contributed by atoms with van der Waals surface area (Å²) in [6.07, 6.45) is 3.66. The third kappa shape index (κ3) is 2.40. The van der Waals surface area contributed by atoms with Crippen LogP contribution in [-0.2, 0) is 4.79 Å². The smallest absolute Gasteiger partial charge is 0.320 e. The van der Waals surface area contributed by atoms with Gasteiger partial charge in [0.05, 0.1) is 8.00 Å². The minimum absolute atomic E-state index is 0.565. The Kier molecular flexibility index (Phi) is 3.42. The number of carboxylic acids is 1. The number of thioether (sulfide) groups is 1. The van der Waals surface area contributed by atoms with Crippen LogP contribution in [0.4, 0.5) is 0 Å². The number of hydrogen-bond acceptors (Lipinski definition) is 3. The maximum absolute atomic E-state index is 11.3. The number of rotatable bonds is 3. The molecule has 5 heteroatoms. The van der Waals surface area contributed by atoms with Gasteiger partial charge in [0.15, 0.2) is 0 Å². The normalized spacial score (nSPS) is 19.3. The second-order valence-corrected chi connectivity index (χ2v) is 7.81. The molecule has 1 aromatic rings. The molecule has 0 aliphatic heterocycles. The Morgan fingerprint density at radius 2 is 2.13 bits per heavy atom. The molecule has 82 valence electrons. The summed E-state index contributed by atoms with van der Waals surface area (Å²) in [6, 6.07) is 3.96. The van der Waals surface area contributed by atoms with E-state index < -0.39 is 10.7 Å². The van der Waals surface area contributed by atoms with E-state index in [1.165, 1.54) is 11.8 Å². The summed E-state index contributed by atoms with van der Waals surface area (Å²) in [4.78, 5) is 11.3. The molecule has 2 rings (SSSR count). The first-order valence-electron chi connectivity index (χ1n) is 4.80. The molecule has 1 aromatic heterocycles. The fourth-order valence-corrected chi connectivity index (χ4v) is 5.31. The van der Waals surface area contributed by atoms with Crippen LogP contribution in [0.3, 0.4) is 0 Å². The van der Waals surface area contributed by atoms with Crippen molar-refractivity contribution in [3.8, 4) is 0 Å². The maximum Gasteiger partial charge on any atom is 0.320 e. The zero-order valence-corrected chi connectivity index (χ0v) is 11.3. The van der Waals surface area contributed by atoms with Crippen LogP contribution in [0.2, 0.25) is 0 Å². The van der Waals surface area contributed by atoms with Gasteiger partial charge in [0.2, 0.25) is 0 Å². The van der Waals surface area contributed by atoms with Gasteiger partial charge >= 0.3 is 5.97 Å². The van der Waals surface area contributed by atoms with E-state index in [9.17, 15) is 9.90 Å². The summed E-state index contributed by atoms with van der Waals surface area (Å²) in [5, 5.41) is 9.30. The largest absolute Gasteiger partial charge is 0.480 e. The zero-order chi connectivity index (χ0) is 10.9. The summed E-state index contributed by atoms with van der Waals surface area (Å²) < 4.78 is 1.58. The molecule has 1 aliphatic rings. The number of carboxylic acid groups (broad SMARTS) is 1. The molecule has 0 radical (unpaired) electrons. The van der Waals surface area contributed by atoms with E-state index in [1.54, 1.807) is 11.3 Å². The van der Waals surface area contributed by atoms with Crippen molar-refractivity contribution in [3.63, 3.8) is 0 Å². The fourth-order valence-electron chi connectivity index (χ4n) is 1.85. The second kappa shape index (κ2) is 4.47. The monoisotopic (exact) mass is 306 g/mol. The number of aliphatic carboxylic acids is 1. The molecular formula is C10H11BrO2S2. The van der Waals surface area contributed by atoms with E-state index in [-0.39, 0.29) is 0 Å². The summed E-state index contributed by atoms with van der Waals surface area (Å²) in [5.74, 6) is -0.658. The van der Waals surface area contributed by atoms with Crippen LogP contribution in [0.1, 0.15) is 25.7 Å². The summed E-state index contributed by atoms with van der Waals surface area (Å²) in [7, 11) is 0. The SMILES string of the molecule is O=C(O)C1(Sc2ccc(Br)s2)CCCC1. The Labute approximate surface area is 105 Å². The van der Waals surface area contributed by atoms with E-state index in [0.29, 0.717) is 0 Å². The highest BCUT2D eigenvalue weighted by molar-refractivity contribution is 9.11. The summed E-state index contributed by atoms with van der Waals surface area (Å²) in [6.45, 7) is 0. The Hall–Kier alpha value is -0.0000000000000000833. The molecule has 1 fully saturated rings.